The van der Waals surface area contributed by atoms with Gasteiger partial charge in [-0.3, -0.25) is 0 Å². The van der Waals surface area contributed by atoms with E-state index in [-0.39, 0.29) is 11.0 Å². The van der Waals surface area contributed by atoms with Crippen LogP contribution in [0.25, 0.3) is 0 Å². The predicted octanol–water partition coefficient (Wildman–Crippen LogP) is 3.32. The van der Waals surface area contributed by atoms with Crippen LogP contribution < -0.4 is 5.32 Å². The molecule has 19 heavy (non-hydrogen) atoms. The van der Waals surface area contributed by atoms with Crippen molar-refractivity contribution in [1.29, 1.82) is 0 Å². The van der Waals surface area contributed by atoms with E-state index in [9.17, 15) is 0 Å². The third-order valence-electron chi connectivity index (χ3n) is 3.12. The van der Waals surface area contributed by atoms with E-state index < -0.39 is 0 Å². The molecule has 1 aromatic rings. The van der Waals surface area contributed by atoms with Gasteiger partial charge in [0, 0.05) is 22.3 Å². The van der Waals surface area contributed by atoms with Crippen molar-refractivity contribution in [3.63, 3.8) is 0 Å². The summed E-state index contributed by atoms with van der Waals surface area (Å²) in [6, 6.07) is 0. The Hall–Kier alpha value is -0.960. The summed E-state index contributed by atoms with van der Waals surface area (Å²) >= 11 is 0. The molecule has 1 aromatic heterocycles. The van der Waals surface area contributed by atoms with Crippen LogP contribution in [0.4, 0.5) is 0 Å². The van der Waals surface area contributed by atoms with Gasteiger partial charge >= 0.3 is 0 Å². The molecule has 0 saturated heterocycles. The molecule has 3 nitrogen and oxygen atoms in total. The number of hydrogen-bond acceptors (Lipinski definition) is 3. The fourth-order valence-corrected chi connectivity index (χ4v) is 2.00. The van der Waals surface area contributed by atoms with Crippen molar-refractivity contribution in [1.82, 2.24) is 15.3 Å². The monoisotopic (exact) mass is 263 g/mol. The normalized spacial score (nSPS) is 12.8. The highest BCUT2D eigenvalue weighted by Crippen LogP contribution is 2.21. The van der Waals surface area contributed by atoms with Crippen molar-refractivity contribution in [2.45, 2.75) is 72.8 Å². The quantitative estimate of drug-likeness (QED) is 0.909. The van der Waals surface area contributed by atoms with E-state index in [0.29, 0.717) is 0 Å². The molecule has 0 aliphatic heterocycles. The van der Waals surface area contributed by atoms with Crippen LogP contribution in [0.3, 0.4) is 0 Å². The fraction of sp³-hybridized carbons (Fsp3) is 0.750. The minimum atomic E-state index is 0.0116. The van der Waals surface area contributed by atoms with Crippen molar-refractivity contribution in [2.24, 2.45) is 0 Å². The molecule has 108 valence electrons. The predicted molar refractivity (Wildman–Crippen MR) is 81.7 cm³/mol. The summed E-state index contributed by atoms with van der Waals surface area (Å²) in [5.41, 5.74) is 3.69. The van der Waals surface area contributed by atoms with Crippen molar-refractivity contribution < 1.29 is 0 Å². The van der Waals surface area contributed by atoms with E-state index >= 15 is 0 Å². The summed E-state index contributed by atoms with van der Waals surface area (Å²) < 4.78 is 0. The van der Waals surface area contributed by atoms with Crippen LogP contribution in [0.15, 0.2) is 0 Å². The van der Waals surface area contributed by atoms with Gasteiger partial charge in [-0.05, 0) is 53.1 Å². The second-order valence-electron chi connectivity index (χ2n) is 7.37. The maximum atomic E-state index is 4.68. The van der Waals surface area contributed by atoms with Gasteiger partial charge in [0.1, 0.15) is 5.82 Å². The maximum absolute atomic E-state index is 4.68. The SMILES string of the molecule is Cc1nc(C(C)(C)C)nc(C)c1CCNC(C)(C)C. The zero-order chi connectivity index (χ0) is 14.8. The lowest BCUT2D eigenvalue weighted by Gasteiger charge is -2.22. The van der Waals surface area contributed by atoms with Crippen LogP contribution in [-0.2, 0) is 11.8 Å². The number of aryl methyl sites for hydroxylation is 2. The summed E-state index contributed by atoms with van der Waals surface area (Å²) in [4.78, 5) is 9.36. The van der Waals surface area contributed by atoms with E-state index in [0.717, 1.165) is 30.2 Å². The standard InChI is InChI=1S/C16H29N3/c1-11-13(9-10-17-16(6,7)8)12(2)19-14(18-11)15(3,4)5/h17H,9-10H2,1-8H3. The van der Waals surface area contributed by atoms with Crippen LogP contribution in [0.2, 0.25) is 0 Å². The van der Waals surface area contributed by atoms with Gasteiger partial charge in [0.2, 0.25) is 0 Å². The first-order valence-corrected chi connectivity index (χ1v) is 7.10. The number of hydrogen-bond donors (Lipinski definition) is 1. The second kappa shape index (κ2) is 5.58. The lowest BCUT2D eigenvalue weighted by molar-refractivity contribution is 0.428. The Morgan fingerprint density at radius 1 is 0.895 bits per heavy atom. The highest BCUT2D eigenvalue weighted by atomic mass is 14.9. The first-order valence-electron chi connectivity index (χ1n) is 7.10. The van der Waals surface area contributed by atoms with Crippen molar-refractivity contribution in [2.75, 3.05) is 6.54 Å². The Morgan fingerprint density at radius 3 is 1.74 bits per heavy atom. The smallest absolute Gasteiger partial charge is 0.134 e. The van der Waals surface area contributed by atoms with Crippen LogP contribution in [0.5, 0.6) is 0 Å². The average molecular weight is 263 g/mol. The molecule has 0 atom stereocenters. The summed E-state index contributed by atoms with van der Waals surface area (Å²) in [6.45, 7) is 18.2. The molecule has 1 heterocycles. The number of nitrogens with one attached hydrogen (secondary N) is 1. The van der Waals surface area contributed by atoms with Crippen LogP contribution in [0, 0.1) is 13.8 Å². The molecule has 0 aromatic carbocycles. The molecule has 0 spiro atoms. The molecule has 1 N–H and O–H groups in total. The van der Waals surface area contributed by atoms with Crippen molar-refractivity contribution in [3.05, 3.63) is 22.8 Å². The highest BCUT2D eigenvalue weighted by molar-refractivity contribution is 5.26. The summed E-state index contributed by atoms with van der Waals surface area (Å²) in [6.07, 6.45) is 0.985. The van der Waals surface area contributed by atoms with Crippen LogP contribution >= 0.6 is 0 Å². The third-order valence-corrected chi connectivity index (χ3v) is 3.12. The molecule has 3 heteroatoms. The minimum Gasteiger partial charge on any atom is -0.312 e. The summed E-state index contributed by atoms with van der Waals surface area (Å²) in [5, 5.41) is 3.51. The zero-order valence-electron chi connectivity index (χ0n) is 13.8. The molecule has 0 aliphatic carbocycles. The van der Waals surface area contributed by atoms with Gasteiger partial charge < -0.3 is 5.32 Å². The number of rotatable bonds is 3. The largest absolute Gasteiger partial charge is 0.312 e. The summed E-state index contributed by atoms with van der Waals surface area (Å²) in [7, 11) is 0. The minimum absolute atomic E-state index is 0.0116. The van der Waals surface area contributed by atoms with E-state index in [2.05, 4.69) is 70.7 Å². The maximum Gasteiger partial charge on any atom is 0.134 e. The topological polar surface area (TPSA) is 37.8 Å². The number of aromatic nitrogens is 2. The first-order chi connectivity index (χ1) is 8.50. The van der Waals surface area contributed by atoms with Gasteiger partial charge in [0.05, 0.1) is 0 Å². The highest BCUT2D eigenvalue weighted by Gasteiger charge is 2.20. The molecule has 0 radical (unpaired) electrons. The first kappa shape index (κ1) is 16.1. The van der Waals surface area contributed by atoms with Crippen molar-refractivity contribution >= 4 is 0 Å². The molecule has 0 fully saturated rings. The van der Waals surface area contributed by atoms with Gasteiger partial charge in [-0.1, -0.05) is 20.8 Å². The summed E-state index contributed by atoms with van der Waals surface area (Å²) in [5.74, 6) is 0.940. The molecule has 0 saturated carbocycles. The van der Waals surface area contributed by atoms with E-state index in [4.69, 9.17) is 0 Å². The molecular formula is C16H29N3. The molecule has 0 aliphatic rings. The number of nitrogens with zero attached hydrogens (tertiary/aromatic N) is 2. The molecule has 1 rings (SSSR count). The fourth-order valence-electron chi connectivity index (χ4n) is 2.00. The van der Waals surface area contributed by atoms with Gasteiger partial charge in [-0.2, -0.15) is 0 Å². The Bertz CT molecular complexity index is 413. The Labute approximate surface area is 118 Å². The average Bonchev–Trinajstić information content (AvgIpc) is 2.18. The molecule has 0 bridgehead atoms. The van der Waals surface area contributed by atoms with E-state index in [1.807, 2.05) is 0 Å². The van der Waals surface area contributed by atoms with Gasteiger partial charge in [0.25, 0.3) is 0 Å². The lowest BCUT2D eigenvalue weighted by atomic mass is 9.94. The molecular weight excluding hydrogens is 234 g/mol. The Balaban J connectivity index is 2.87. The Kier molecular flexibility index (Phi) is 4.72. The van der Waals surface area contributed by atoms with Crippen molar-refractivity contribution in [3.8, 4) is 0 Å². The Morgan fingerprint density at radius 2 is 1.37 bits per heavy atom. The third kappa shape index (κ3) is 4.90. The van der Waals surface area contributed by atoms with Gasteiger partial charge in [-0.15, -0.1) is 0 Å². The zero-order valence-corrected chi connectivity index (χ0v) is 13.8. The van der Waals surface area contributed by atoms with Crippen LogP contribution in [-0.4, -0.2) is 22.1 Å². The lowest BCUT2D eigenvalue weighted by Crippen LogP contribution is -2.37. The second-order valence-corrected chi connectivity index (χ2v) is 7.37. The van der Waals surface area contributed by atoms with Crippen LogP contribution in [0.1, 0.15) is 64.3 Å². The van der Waals surface area contributed by atoms with E-state index in [1.165, 1.54) is 5.56 Å². The molecule has 0 unspecified atom stereocenters. The van der Waals surface area contributed by atoms with E-state index in [1.54, 1.807) is 0 Å². The molecule has 0 amide bonds. The van der Waals surface area contributed by atoms with Gasteiger partial charge in [-0.25, -0.2) is 9.97 Å². The van der Waals surface area contributed by atoms with Gasteiger partial charge in [0.15, 0.2) is 0 Å².